The molecule has 1 N–H and O–H groups in total. The predicted molar refractivity (Wildman–Crippen MR) is 57.1 cm³/mol. The van der Waals surface area contributed by atoms with Crippen LogP contribution in [0.15, 0.2) is 0 Å². The summed E-state index contributed by atoms with van der Waals surface area (Å²) in [4.78, 5) is 2.22. The second kappa shape index (κ2) is 5.69. The van der Waals surface area contributed by atoms with Gasteiger partial charge < -0.3 is 9.84 Å². The zero-order chi connectivity index (χ0) is 10.6. The third-order valence-electron chi connectivity index (χ3n) is 2.92. The van der Waals surface area contributed by atoms with Crippen molar-refractivity contribution in [1.82, 2.24) is 4.90 Å². The molecule has 0 spiro atoms. The second-order valence-electron chi connectivity index (χ2n) is 4.27. The van der Waals surface area contributed by atoms with Crippen LogP contribution in [0.5, 0.6) is 0 Å². The van der Waals surface area contributed by atoms with Gasteiger partial charge in [-0.05, 0) is 33.1 Å². The second-order valence-corrected chi connectivity index (χ2v) is 4.27. The quantitative estimate of drug-likeness (QED) is 0.701. The molecule has 1 heterocycles. The van der Waals surface area contributed by atoms with Gasteiger partial charge >= 0.3 is 0 Å². The van der Waals surface area contributed by atoms with Crippen molar-refractivity contribution in [2.24, 2.45) is 0 Å². The molecule has 0 saturated carbocycles. The summed E-state index contributed by atoms with van der Waals surface area (Å²) in [5.41, 5.74) is 0. The maximum atomic E-state index is 9.93. The molecule has 0 aromatic carbocycles. The highest BCUT2D eigenvalue weighted by Crippen LogP contribution is 2.20. The maximum Gasteiger partial charge on any atom is 0.107 e. The molecule has 1 aliphatic heterocycles. The van der Waals surface area contributed by atoms with Gasteiger partial charge in [-0.3, -0.25) is 4.90 Å². The van der Waals surface area contributed by atoms with Crippen molar-refractivity contribution in [2.75, 3.05) is 13.2 Å². The van der Waals surface area contributed by atoms with Gasteiger partial charge in [0, 0.05) is 25.3 Å². The third-order valence-corrected chi connectivity index (χ3v) is 2.92. The Bertz CT molecular complexity index is 155. The van der Waals surface area contributed by atoms with Crippen LogP contribution in [0.4, 0.5) is 0 Å². The molecule has 1 fully saturated rings. The van der Waals surface area contributed by atoms with E-state index in [-0.39, 0.29) is 6.23 Å². The number of aliphatic hydroxyl groups excluding tert-OH is 1. The first-order valence-corrected chi connectivity index (χ1v) is 5.70. The van der Waals surface area contributed by atoms with Crippen LogP contribution in [-0.4, -0.2) is 41.5 Å². The van der Waals surface area contributed by atoms with Crippen molar-refractivity contribution < 1.29 is 9.84 Å². The summed E-state index contributed by atoms with van der Waals surface area (Å²) in [6.07, 6.45) is 2.61. The van der Waals surface area contributed by atoms with E-state index in [4.69, 9.17) is 4.74 Å². The van der Waals surface area contributed by atoms with E-state index in [1.807, 2.05) is 6.92 Å². The van der Waals surface area contributed by atoms with Gasteiger partial charge in [0.15, 0.2) is 0 Å². The van der Waals surface area contributed by atoms with E-state index >= 15 is 0 Å². The standard InChI is InChI=1S/C11H23NO2/c1-4-11(13)12(9(2)3)10-5-7-14-8-6-10/h9-11,13H,4-8H2,1-3H3. The molecule has 0 amide bonds. The Labute approximate surface area is 87.1 Å². The average Bonchev–Trinajstić information content (AvgIpc) is 2.19. The van der Waals surface area contributed by atoms with Crippen LogP contribution in [0.1, 0.15) is 40.0 Å². The van der Waals surface area contributed by atoms with Crippen LogP contribution in [-0.2, 0) is 4.74 Å². The maximum absolute atomic E-state index is 9.93. The zero-order valence-electron chi connectivity index (χ0n) is 9.57. The van der Waals surface area contributed by atoms with Gasteiger partial charge in [0.1, 0.15) is 6.23 Å². The van der Waals surface area contributed by atoms with Crippen LogP contribution in [0, 0.1) is 0 Å². The van der Waals surface area contributed by atoms with E-state index in [9.17, 15) is 5.11 Å². The van der Waals surface area contributed by atoms with Crippen molar-refractivity contribution in [1.29, 1.82) is 0 Å². The van der Waals surface area contributed by atoms with E-state index in [2.05, 4.69) is 18.7 Å². The summed E-state index contributed by atoms with van der Waals surface area (Å²) in [6.45, 7) is 8.00. The van der Waals surface area contributed by atoms with E-state index in [1.54, 1.807) is 0 Å². The molecule has 3 heteroatoms. The van der Waals surface area contributed by atoms with Gasteiger partial charge in [-0.2, -0.15) is 0 Å². The monoisotopic (exact) mass is 201 g/mol. The first-order chi connectivity index (χ1) is 6.66. The lowest BCUT2D eigenvalue weighted by Crippen LogP contribution is -2.49. The fraction of sp³-hybridized carbons (Fsp3) is 1.00. The van der Waals surface area contributed by atoms with Crippen LogP contribution in [0.2, 0.25) is 0 Å². The van der Waals surface area contributed by atoms with E-state index in [1.165, 1.54) is 0 Å². The zero-order valence-corrected chi connectivity index (χ0v) is 9.57. The molecule has 1 rings (SSSR count). The Morgan fingerprint density at radius 1 is 1.36 bits per heavy atom. The minimum Gasteiger partial charge on any atom is -0.381 e. The predicted octanol–water partition coefficient (Wildman–Crippen LogP) is 1.60. The molecular formula is C11H23NO2. The molecule has 14 heavy (non-hydrogen) atoms. The fourth-order valence-electron chi connectivity index (χ4n) is 2.20. The molecule has 84 valence electrons. The van der Waals surface area contributed by atoms with Crippen molar-refractivity contribution in [3.05, 3.63) is 0 Å². The molecule has 1 atom stereocenters. The Hall–Kier alpha value is -0.120. The first-order valence-electron chi connectivity index (χ1n) is 5.70. The largest absolute Gasteiger partial charge is 0.381 e. The van der Waals surface area contributed by atoms with Crippen molar-refractivity contribution in [2.45, 2.75) is 58.3 Å². The van der Waals surface area contributed by atoms with Crippen LogP contribution in [0.3, 0.4) is 0 Å². The molecule has 0 aliphatic carbocycles. The third kappa shape index (κ3) is 2.94. The van der Waals surface area contributed by atoms with Crippen molar-refractivity contribution >= 4 is 0 Å². The number of aliphatic hydroxyl groups is 1. The molecular weight excluding hydrogens is 178 g/mol. The van der Waals surface area contributed by atoms with Gasteiger partial charge in [0.2, 0.25) is 0 Å². The summed E-state index contributed by atoms with van der Waals surface area (Å²) >= 11 is 0. The van der Waals surface area contributed by atoms with E-state index in [0.717, 1.165) is 32.5 Å². The minimum absolute atomic E-state index is 0.293. The van der Waals surface area contributed by atoms with Gasteiger partial charge in [0.25, 0.3) is 0 Å². The molecule has 1 saturated heterocycles. The summed E-state index contributed by atoms with van der Waals surface area (Å²) in [5, 5.41) is 9.93. The molecule has 1 unspecified atom stereocenters. The van der Waals surface area contributed by atoms with Crippen molar-refractivity contribution in [3.8, 4) is 0 Å². The van der Waals surface area contributed by atoms with Crippen LogP contribution in [0.25, 0.3) is 0 Å². The normalized spacial score (nSPS) is 21.9. The van der Waals surface area contributed by atoms with Gasteiger partial charge in [-0.25, -0.2) is 0 Å². The SMILES string of the molecule is CCC(O)N(C(C)C)C1CCOCC1. The highest BCUT2D eigenvalue weighted by atomic mass is 16.5. The average molecular weight is 201 g/mol. The van der Waals surface area contributed by atoms with E-state index < -0.39 is 0 Å². The lowest BCUT2D eigenvalue weighted by molar-refractivity contribution is -0.0756. The highest BCUT2D eigenvalue weighted by molar-refractivity contribution is 4.78. The number of ether oxygens (including phenoxy) is 1. The smallest absolute Gasteiger partial charge is 0.107 e. The molecule has 0 aromatic heterocycles. The molecule has 0 bridgehead atoms. The summed E-state index contributed by atoms with van der Waals surface area (Å²) in [5.74, 6) is 0. The van der Waals surface area contributed by atoms with Crippen molar-refractivity contribution in [3.63, 3.8) is 0 Å². The first kappa shape index (κ1) is 12.0. The van der Waals surface area contributed by atoms with Crippen LogP contribution < -0.4 is 0 Å². The molecule has 0 aromatic rings. The lowest BCUT2D eigenvalue weighted by atomic mass is 10.0. The van der Waals surface area contributed by atoms with E-state index in [0.29, 0.717) is 12.1 Å². The van der Waals surface area contributed by atoms with Gasteiger partial charge in [-0.15, -0.1) is 0 Å². The van der Waals surface area contributed by atoms with Crippen LogP contribution >= 0.6 is 0 Å². The Morgan fingerprint density at radius 2 is 1.93 bits per heavy atom. The number of hydrogen-bond donors (Lipinski definition) is 1. The minimum atomic E-state index is -0.293. The highest BCUT2D eigenvalue weighted by Gasteiger charge is 2.27. The van der Waals surface area contributed by atoms with Gasteiger partial charge in [0.05, 0.1) is 0 Å². The molecule has 0 radical (unpaired) electrons. The topological polar surface area (TPSA) is 32.7 Å². The summed E-state index contributed by atoms with van der Waals surface area (Å²) in [6, 6.07) is 0.909. The summed E-state index contributed by atoms with van der Waals surface area (Å²) in [7, 11) is 0. The Morgan fingerprint density at radius 3 is 2.36 bits per heavy atom. The fourth-order valence-corrected chi connectivity index (χ4v) is 2.20. The number of hydrogen-bond acceptors (Lipinski definition) is 3. The number of rotatable bonds is 4. The van der Waals surface area contributed by atoms with Gasteiger partial charge in [-0.1, -0.05) is 6.92 Å². The summed E-state index contributed by atoms with van der Waals surface area (Å²) < 4.78 is 5.33. The lowest BCUT2D eigenvalue weighted by Gasteiger charge is -2.40. The Kier molecular flexibility index (Phi) is 4.85. The number of nitrogens with zero attached hydrogens (tertiary/aromatic N) is 1. The Balaban J connectivity index is 2.56. The molecule has 1 aliphatic rings. The molecule has 3 nitrogen and oxygen atoms in total.